The van der Waals surface area contributed by atoms with Gasteiger partial charge in [-0.15, -0.1) is 0 Å². The van der Waals surface area contributed by atoms with E-state index >= 15 is 0 Å². The molecule has 0 heterocycles. The molecule has 0 fully saturated rings. The second-order valence-corrected chi connectivity index (χ2v) is 17.7. The molecule has 2 aliphatic rings. The average Bonchev–Trinajstić information content (AvgIpc) is 3.29. The summed E-state index contributed by atoms with van der Waals surface area (Å²) < 4.78 is 2.46. The molecule has 1 heteroatoms. The number of hydrogen-bond acceptors (Lipinski definition) is 0. The van der Waals surface area contributed by atoms with Crippen molar-refractivity contribution in [3.8, 4) is 11.1 Å². The first-order valence-electron chi connectivity index (χ1n) is 14.1. The van der Waals surface area contributed by atoms with Gasteiger partial charge in [0.05, 0.1) is 0 Å². The summed E-state index contributed by atoms with van der Waals surface area (Å²) in [6.07, 6.45) is 2.68. The molecular formula is C35H48Zr. The Hall–Kier alpha value is -1.20. The topological polar surface area (TPSA) is 0 Å². The molecule has 2 aliphatic carbocycles. The molecule has 36 heavy (non-hydrogen) atoms. The monoisotopic (exact) mass is 558 g/mol. The number of hydrogen-bond donors (Lipinski definition) is 0. The van der Waals surface area contributed by atoms with Crippen LogP contribution < -0.4 is 0 Å². The van der Waals surface area contributed by atoms with Crippen molar-refractivity contribution in [2.75, 3.05) is 0 Å². The Morgan fingerprint density at radius 2 is 1.14 bits per heavy atom. The molecule has 0 nitrogen and oxygen atoms in total. The van der Waals surface area contributed by atoms with Gasteiger partial charge in [0.1, 0.15) is 0 Å². The van der Waals surface area contributed by atoms with E-state index in [9.17, 15) is 0 Å². The van der Waals surface area contributed by atoms with Crippen LogP contribution in [0.4, 0.5) is 0 Å². The maximum atomic E-state index is 2.68. The van der Waals surface area contributed by atoms with Crippen molar-refractivity contribution in [1.82, 2.24) is 0 Å². The Labute approximate surface area is 233 Å². The van der Waals surface area contributed by atoms with Crippen LogP contribution in [-0.2, 0) is 34.1 Å². The van der Waals surface area contributed by atoms with E-state index in [2.05, 4.69) is 126 Å². The van der Waals surface area contributed by atoms with Gasteiger partial charge in [-0.3, -0.25) is 0 Å². The quantitative estimate of drug-likeness (QED) is 0.342. The van der Waals surface area contributed by atoms with Crippen LogP contribution in [0, 0.1) is 23.7 Å². The molecule has 0 saturated heterocycles. The SMILES string of the molecule is CC(C)C1=CC(C(C)C)[C]([Zr][CH]2c3cc(C(C)(C)C)ccc3-c3ccc(C(C)(C)C)cc32)=C1C(C)C. The number of rotatable bonds is 5. The normalized spacial score (nSPS) is 18.4. The summed E-state index contributed by atoms with van der Waals surface area (Å²) in [5, 5.41) is 0. The van der Waals surface area contributed by atoms with Gasteiger partial charge in [-0.2, -0.15) is 0 Å². The van der Waals surface area contributed by atoms with Gasteiger partial charge in [0.15, 0.2) is 0 Å². The first-order chi connectivity index (χ1) is 16.6. The van der Waals surface area contributed by atoms with E-state index in [1.807, 2.05) is 3.28 Å². The van der Waals surface area contributed by atoms with Crippen molar-refractivity contribution < 1.29 is 23.2 Å². The Balaban J connectivity index is 1.93. The van der Waals surface area contributed by atoms with E-state index in [4.69, 9.17) is 0 Å². The third kappa shape index (κ3) is 5.08. The summed E-state index contributed by atoms with van der Waals surface area (Å²) in [6.45, 7) is 28.7. The fourth-order valence-corrected chi connectivity index (χ4v) is 11.7. The van der Waals surface area contributed by atoms with Crippen LogP contribution >= 0.6 is 0 Å². The van der Waals surface area contributed by atoms with Crippen LogP contribution in [0.25, 0.3) is 11.1 Å². The third-order valence-electron chi connectivity index (χ3n) is 8.26. The van der Waals surface area contributed by atoms with Crippen molar-refractivity contribution >= 4 is 0 Å². The summed E-state index contributed by atoms with van der Waals surface area (Å²) in [6, 6.07) is 14.8. The van der Waals surface area contributed by atoms with Gasteiger partial charge in [0.25, 0.3) is 0 Å². The van der Waals surface area contributed by atoms with E-state index < -0.39 is 23.2 Å². The molecule has 4 rings (SSSR count). The van der Waals surface area contributed by atoms with Gasteiger partial charge >= 0.3 is 235 Å². The van der Waals surface area contributed by atoms with Crippen LogP contribution in [0.1, 0.15) is 109 Å². The molecule has 0 saturated carbocycles. The van der Waals surface area contributed by atoms with Gasteiger partial charge < -0.3 is 0 Å². The zero-order valence-corrected chi connectivity index (χ0v) is 27.4. The predicted octanol–water partition coefficient (Wildman–Crippen LogP) is 10.2. The third-order valence-corrected chi connectivity index (χ3v) is 12.7. The molecule has 0 bridgehead atoms. The molecule has 0 aromatic heterocycles. The van der Waals surface area contributed by atoms with E-state index in [1.54, 1.807) is 22.3 Å². The number of benzene rings is 2. The molecule has 0 spiro atoms. The molecule has 1 unspecified atom stereocenters. The molecule has 1 atom stereocenters. The van der Waals surface area contributed by atoms with Crippen molar-refractivity contribution in [2.45, 2.75) is 97.5 Å². The fourth-order valence-electron chi connectivity index (χ4n) is 6.05. The minimum absolute atomic E-state index is 0.165. The summed E-state index contributed by atoms with van der Waals surface area (Å²) >= 11 is -0.974. The van der Waals surface area contributed by atoms with Gasteiger partial charge in [-0.05, 0) is 0 Å². The maximum absolute atomic E-state index is 2.68. The van der Waals surface area contributed by atoms with E-state index in [0.29, 0.717) is 27.3 Å². The van der Waals surface area contributed by atoms with Crippen LogP contribution in [0.3, 0.4) is 0 Å². The molecule has 2 aromatic carbocycles. The summed E-state index contributed by atoms with van der Waals surface area (Å²) in [7, 11) is 0. The molecule has 2 aromatic rings. The molecule has 0 aliphatic heterocycles. The van der Waals surface area contributed by atoms with Crippen LogP contribution in [-0.4, -0.2) is 0 Å². The van der Waals surface area contributed by atoms with E-state index in [-0.39, 0.29) is 10.8 Å². The first kappa shape index (κ1) is 27.8. The van der Waals surface area contributed by atoms with Crippen molar-refractivity contribution in [2.24, 2.45) is 23.7 Å². The number of allylic oxidation sites excluding steroid dienone is 4. The summed E-state index contributed by atoms with van der Waals surface area (Å²) in [5.74, 6) is 2.48. The average molecular weight is 560 g/mol. The predicted molar refractivity (Wildman–Crippen MR) is 154 cm³/mol. The zero-order valence-electron chi connectivity index (χ0n) is 24.9. The standard InChI is InChI=1S/C21H25.C14H23.Zr/c1-20(2,3)16-7-9-18-14(12-16)11-15-13-17(21(4,5)6)8-10-19(15)18;1-9(2)12-7-13(10(3)4)14(8-12)11(5)6;/h7-13H,1-6H3;7,9-12H,1-6H3;. The molecule has 0 N–H and O–H groups in total. The minimum atomic E-state index is -0.974. The van der Waals surface area contributed by atoms with Crippen molar-refractivity contribution in [3.05, 3.63) is 79.2 Å². The van der Waals surface area contributed by atoms with Crippen LogP contribution in [0.5, 0.6) is 0 Å². The van der Waals surface area contributed by atoms with Crippen LogP contribution in [0.15, 0.2) is 56.9 Å². The Kier molecular flexibility index (Phi) is 7.61. The first-order valence-corrected chi connectivity index (χ1v) is 16.8. The van der Waals surface area contributed by atoms with E-state index in [0.717, 1.165) is 0 Å². The van der Waals surface area contributed by atoms with Crippen molar-refractivity contribution in [1.29, 1.82) is 0 Å². The molecular weight excluding hydrogens is 512 g/mol. The number of fused-ring (bicyclic) bond motifs is 3. The summed E-state index contributed by atoms with van der Waals surface area (Å²) in [4.78, 5) is 0. The second-order valence-electron chi connectivity index (χ2n) is 14.2. The Morgan fingerprint density at radius 1 is 0.667 bits per heavy atom. The second kappa shape index (κ2) is 9.84. The fraction of sp³-hybridized carbons (Fsp3) is 0.543. The molecule has 0 radical (unpaired) electrons. The Morgan fingerprint density at radius 3 is 1.50 bits per heavy atom. The van der Waals surface area contributed by atoms with Crippen LogP contribution in [0.2, 0.25) is 0 Å². The van der Waals surface area contributed by atoms with Gasteiger partial charge in [0.2, 0.25) is 0 Å². The zero-order chi connectivity index (χ0) is 26.7. The molecule has 0 amide bonds. The molecule has 192 valence electrons. The Bertz CT molecular complexity index is 1140. The van der Waals surface area contributed by atoms with Gasteiger partial charge in [0, 0.05) is 0 Å². The van der Waals surface area contributed by atoms with Gasteiger partial charge in [-0.25, -0.2) is 0 Å². The van der Waals surface area contributed by atoms with Crippen molar-refractivity contribution in [3.63, 3.8) is 0 Å². The van der Waals surface area contributed by atoms with Gasteiger partial charge in [-0.1, -0.05) is 0 Å². The van der Waals surface area contributed by atoms with E-state index in [1.165, 1.54) is 22.3 Å². The summed E-state index contributed by atoms with van der Waals surface area (Å²) in [5.41, 5.74) is 12.9.